The molecule has 0 bridgehead atoms. The lowest BCUT2D eigenvalue weighted by atomic mass is 10.2. The van der Waals surface area contributed by atoms with Crippen LogP contribution in [-0.4, -0.2) is 34.5 Å². The van der Waals surface area contributed by atoms with E-state index in [4.69, 9.17) is 0 Å². The molecule has 0 radical (unpaired) electrons. The van der Waals surface area contributed by atoms with Crippen LogP contribution in [0.1, 0.15) is 11.1 Å². The first-order valence-corrected chi connectivity index (χ1v) is 13.0. The number of hydrogen-bond donors (Lipinski definition) is 0. The third-order valence-electron chi connectivity index (χ3n) is 3.34. The predicted molar refractivity (Wildman–Crippen MR) is 120 cm³/mol. The molecule has 0 atom stereocenters. The third-order valence-corrected chi connectivity index (χ3v) is 8.15. The van der Waals surface area contributed by atoms with Gasteiger partial charge >= 0.3 is 0 Å². The fourth-order valence-corrected chi connectivity index (χ4v) is 6.47. The van der Waals surface area contributed by atoms with E-state index in [9.17, 15) is 0 Å². The summed E-state index contributed by atoms with van der Waals surface area (Å²) in [6.45, 7) is 0. The van der Waals surface area contributed by atoms with Crippen LogP contribution < -0.4 is 0 Å². The largest absolute Gasteiger partial charge is 0.160 e. The summed E-state index contributed by atoms with van der Waals surface area (Å²) in [5, 5.41) is 0. The van der Waals surface area contributed by atoms with Gasteiger partial charge in [0.2, 0.25) is 0 Å². The van der Waals surface area contributed by atoms with Crippen LogP contribution in [0, 0.1) is 0 Å². The van der Waals surface area contributed by atoms with Crippen LogP contribution in [0.25, 0.3) is 0 Å². The van der Waals surface area contributed by atoms with Crippen molar-refractivity contribution < 1.29 is 0 Å². The average molecular weight is 395 g/mol. The van der Waals surface area contributed by atoms with Crippen molar-refractivity contribution in [1.29, 1.82) is 0 Å². The minimum absolute atomic E-state index is 1.15. The Morgan fingerprint density at radius 3 is 1.12 bits per heavy atom. The summed E-state index contributed by atoms with van der Waals surface area (Å²) in [5.41, 5.74) is 2.88. The lowest BCUT2D eigenvalue weighted by Gasteiger charge is -2.04. The van der Waals surface area contributed by atoms with Crippen LogP contribution in [0.4, 0.5) is 0 Å². The van der Waals surface area contributed by atoms with E-state index in [1.165, 1.54) is 45.6 Å². The van der Waals surface area contributed by atoms with Crippen LogP contribution in [0.15, 0.2) is 60.7 Å². The Morgan fingerprint density at radius 2 is 0.750 bits per heavy atom. The normalized spacial score (nSPS) is 10.8. The molecular weight excluding hydrogens is 368 g/mol. The monoisotopic (exact) mass is 394 g/mol. The molecule has 0 amide bonds. The molecule has 2 aromatic carbocycles. The van der Waals surface area contributed by atoms with Crippen LogP contribution in [-0.2, 0) is 11.5 Å². The second-order valence-corrected chi connectivity index (χ2v) is 9.96. The maximum atomic E-state index is 2.21. The van der Waals surface area contributed by atoms with Crippen molar-refractivity contribution in [2.24, 2.45) is 0 Å². The van der Waals surface area contributed by atoms with Crippen molar-refractivity contribution in [3.05, 3.63) is 71.8 Å². The van der Waals surface area contributed by atoms with Gasteiger partial charge in [0.1, 0.15) is 0 Å². The van der Waals surface area contributed by atoms with Crippen molar-refractivity contribution in [1.82, 2.24) is 0 Å². The van der Waals surface area contributed by atoms with Gasteiger partial charge in [0.05, 0.1) is 0 Å². The molecule has 4 heteroatoms. The smallest absolute Gasteiger partial charge is 0.0184 e. The first kappa shape index (κ1) is 20.2. The first-order chi connectivity index (χ1) is 11.9. The van der Waals surface area contributed by atoms with Gasteiger partial charge in [-0.2, -0.15) is 47.0 Å². The van der Waals surface area contributed by atoms with Crippen LogP contribution in [0.2, 0.25) is 0 Å². The topological polar surface area (TPSA) is 0 Å². The number of rotatable bonds is 13. The Kier molecular flexibility index (Phi) is 11.8. The van der Waals surface area contributed by atoms with Gasteiger partial charge in [0.15, 0.2) is 0 Å². The van der Waals surface area contributed by atoms with Crippen molar-refractivity contribution in [2.75, 3.05) is 34.5 Å². The van der Waals surface area contributed by atoms with Crippen molar-refractivity contribution in [3.63, 3.8) is 0 Å². The molecule has 0 fully saturated rings. The van der Waals surface area contributed by atoms with Crippen molar-refractivity contribution in [3.8, 4) is 0 Å². The maximum Gasteiger partial charge on any atom is 0.0184 e. The van der Waals surface area contributed by atoms with Gasteiger partial charge in [-0.05, 0) is 11.1 Å². The van der Waals surface area contributed by atoms with Gasteiger partial charge in [-0.1, -0.05) is 60.7 Å². The van der Waals surface area contributed by atoms with E-state index in [1.54, 1.807) is 0 Å². The average Bonchev–Trinajstić information content (AvgIpc) is 2.64. The molecule has 2 rings (SSSR count). The summed E-state index contributed by atoms with van der Waals surface area (Å²) >= 11 is 8.30. The predicted octanol–water partition coefficient (Wildman–Crippen LogP) is 6.32. The third kappa shape index (κ3) is 9.97. The number of benzene rings is 2. The summed E-state index contributed by atoms with van der Waals surface area (Å²) < 4.78 is 0. The lowest BCUT2D eigenvalue weighted by molar-refractivity contribution is 1.39. The van der Waals surface area contributed by atoms with Crippen LogP contribution in [0.3, 0.4) is 0 Å². The second kappa shape index (κ2) is 14.1. The zero-order valence-electron chi connectivity index (χ0n) is 14.1. The second-order valence-electron chi connectivity index (χ2n) is 5.30. The molecule has 0 aliphatic rings. The lowest BCUT2D eigenvalue weighted by Crippen LogP contribution is -1.93. The van der Waals surface area contributed by atoms with Gasteiger partial charge in [0.25, 0.3) is 0 Å². The Bertz CT molecular complexity index is 466. The van der Waals surface area contributed by atoms with Crippen LogP contribution >= 0.6 is 47.0 Å². The molecule has 0 aliphatic heterocycles. The maximum absolute atomic E-state index is 2.21. The molecule has 0 aromatic heterocycles. The molecule has 24 heavy (non-hydrogen) atoms. The van der Waals surface area contributed by atoms with Crippen molar-refractivity contribution >= 4 is 47.0 Å². The molecule has 0 aliphatic carbocycles. The van der Waals surface area contributed by atoms with E-state index in [0.29, 0.717) is 0 Å². The molecular formula is C20H26S4. The zero-order valence-corrected chi connectivity index (χ0v) is 17.3. The summed E-state index contributed by atoms with van der Waals surface area (Å²) in [5.74, 6) is 9.96. The molecule has 2 aromatic rings. The molecule has 0 saturated carbocycles. The van der Waals surface area contributed by atoms with E-state index in [-0.39, 0.29) is 0 Å². The highest BCUT2D eigenvalue weighted by atomic mass is 32.2. The number of thioether (sulfide) groups is 4. The molecule has 0 unspecified atom stereocenters. The SMILES string of the molecule is c1ccc(CSCCSCCSCCSCc2ccccc2)cc1. The Balaban J connectivity index is 1.32. The Hall–Kier alpha value is -0.160. The first-order valence-electron chi connectivity index (χ1n) is 8.34. The molecule has 0 spiro atoms. The molecule has 130 valence electrons. The van der Waals surface area contributed by atoms with Crippen LogP contribution in [0.5, 0.6) is 0 Å². The molecule has 0 nitrogen and oxygen atoms in total. The quantitative estimate of drug-likeness (QED) is 0.364. The van der Waals surface area contributed by atoms with E-state index in [1.807, 2.05) is 23.5 Å². The van der Waals surface area contributed by atoms with E-state index in [0.717, 1.165) is 11.5 Å². The summed E-state index contributed by atoms with van der Waals surface area (Å²) in [6, 6.07) is 21.5. The highest BCUT2D eigenvalue weighted by molar-refractivity contribution is 8.05. The van der Waals surface area contributed by atoms with Gasteiger partial charge in [-0.15, -0.1) is 0 Å². The van der Waals surface area contributed by atoms with E-state index in [2.05, 4.69) is 84.2 Å². The molecule has 0 heterocycles. The Morgan fingerprint density at radius 1 is 0.417 bits per heavy atom. The number of hydrogen-bond acceptors (Lipinski definition) is 4. The minimum atomic E-state index is 1.15. The summed E-state index contributed by atoms with van der Waals surface area (Å²) in [4.78, 5) is 0. The standard InChI is InChI=1S/C20H26S4/c1-3-7-19(8-4-1)17-23-15-13-21-11-12-22-14-16-24-18-20-9-5-2-6-10-20/h1-10H,11-18H2. The van der Waals surface area contributed by atoms with E-state index < -0.39 is 0 Å². The van der Waals surface area contributed by atoms with Crippen molar-refractivity contribution in [2.45, 2.75) is 11.5 Å². The minimum Gasteiger partial charge on any atom is -0.160 e. The highest BCUT2D eigenvalue weighted by Crippen LogP contribution is 2.16. The summed E-state index contributed by atoms with van der Waals surface area (Å²) in [7, 11) is 0. The summed E-state index contributed by atoms with van der Waals surface area (Å²) in [6.07, 6.45) is 0. The zero-order chi connectivity index (χ0) is 16.7. The fourth-order valence-electron chi connectivity index (χ4n) is 2.09. The van der Waals surface area contributed by atoms with E-state index >= 15 is 0 Å². The fraction of sp³-hybridized carbons (Fsp3) is 0.400. The Labute approximate surface area is 164 Å². The van der Waals surface area contributed by atoms with Gasteiger partial charge < -0.3 is 0 Å². The van der Waals surface area contributed by atoms with Gasteiger partial charge in [-0.3, -0.25) is 0 Å². The molecule has 0 saturated heterocycles. The van der Waals surface area contributed by atoms with Gasteiger partial charge in [-0.25, -0.2) is 0 Å². The molecule has 0 N–H and O–H groups in total. The highest BCUT2D eigenvalue weighted by Gasteiger charge is 1.96. The van der Waals surface area contributed by atoms with Gasteiger partial charge in [0, 0.05) is 46.0 Å².